The summed E-state index contributed by atoms with van der Waals surface area (Å²) in [6.07, 6.45) is 52.3. The van der Waals surface area contributed by atoms with E-state index in [9.17, 15) is 0 Å². The Morgan fingerprint density at radius 3 is 2.05 bits per heavy atom. The van der Waals surface area contributed by atoms with Gasteiger partial charge in [-0.15, -0.1) is 0 Å². The SMILES string of the molecule is CCC1C2CC3CCC4CCCC5CCC46C4C7C8C4C64CCC5C5CCC46CCC49CC%10%11C(C)(CC4(C)CCC6(C)CCC5C)C4(C)CCCCC4%10C45CCCCC14C21CC37C89CC1%115. The Kier molecular flexibility index (Phi) is 5.55. The molecule has 0 aromatic rings. The van der Waals surface area contributed by atoms with Crippen LogP contribution in [0.25, 0.3) is 0 Å². The molecule has 12 bridgehead atoms. The van der Waals surface area contributed by atoms with E-state index in [-0.39, 0.29) is 0 Å². The van der Waals surface area contributed by atoms with Gasteiger partial charge in [-0.3, -0.25) is 0 Å². The van der Waals surface area contributed by atoms with Crippen molar-refractivity contribution in [2.45, 2.75) is 241 Å². The van der Waals surface area contributed by atoms with E-state index in [0.717, 1.165) is 91.7 Å². The summed E-state index contributed by atoms with van der Waals surface area (Å²) >= 11 is 0. The molecule has 22 fully saturated rings. The van der Waals surface area contributed by atoms with Crippen molar-refractivity contribution in [3.8, 4) is 0 Å². The molecular weight excluding hydrogens is 781 g/mol. The van der Waals surface area contributed by atoms with Crippen molar-refractivity contribution in [2.24, 2.45) is 158 Å². The molecule has 28 unspecified atom stereocenters. The van der Waals surface area contributed by atoms with Gasteiger partial charge >= 0.3 is 0 Å². The predicted molar refractivity (Wildman–Crippen MR) is 258 cm³/mol. The van der Waals surface area contributed by atoms with E-state index in [4.69, 9.17) is 0 Å². The molecule has 22 aliphatic carbocycles. The third kappa shape index (κ3) is 2.39. The largest absolute Gasteiger partial charge is 0.0651 e. The number of fused-ring (bicyclic) bond motifs is 9. The Labute approximate surface area is 396 Å². The van der Waals surface area contributed by atoms with Crippen LogP contribution in [-0.4, -0.2) is 0 Å². The van der Waals surface area contributed by atoms with Gasteiger partial charge in [0.25, 0.3) is 0 Å². The van der Waals surface area contributed by atoms with Crippen LogP contribution in [0.4, 0.5) is 0 Å². The van der Waals surface area contributed by atoms with Crippen LogP contribution in [0.3, 0.4) is 0 Å². The van der Waals surface area contributed by atoms with Gasteiger partial charge in [0.15, 0.2) is 0 Å². The third-order valence-corrected chi connectivity index (χ3v) is 37.3. The predicted octanol–water partition coefficient (Wildman–Crippen LogP) is 16.6. The lowest BCUT2D eigenvalue weighted by molar-refractivity contribution is -0.746. The van der Waals surface area contributed by atoms with E-state index >= 15 is 0 Å². The number of hydrogen-bond acceptors (Lipinski definition) is 0. The summed E-state index contributed by atoms with van der Waals surface area (Å²) in [6.45, 7) is 18.3. The molecular formula is C65H92. The second-order valence-electron chi connectivity index (χ2n) is 33.7. The summed E-state index contributed by atoms with van der Waals surface area (Å²) < 4.78 is 0. The van der Waals surface area contributed by atoms with Crippen LogP contribution < -0.4 is 0 Å². The summed E-state index contributed by atoms with van der Waals surface area (Å²) in [5.74, 6) is 13.2. The number of hydrogen-bond donors (Lipinski definition) is 0. The molecule has 22 rings (SSSR count). The van der Waals surface area contributed by atoms with E-state index in [2.05, 4.69) is 41.5 Å². The smallest absolute Gasteiger partial charge is 0.00909 e. The van der Waals surface area contributed by atoms with Crippen molar-refractivity contribution in [3.63, 3.8) is 0 Å². The maximum absolute atomic E-state index is 3.21. The van der Waals surface area contributed by atoms with Crippen molar-refractivity contribution < 1.29 is 0 Å². The minimum atomic E-state index is 0.540. The quantitative estimate of drug-likeness (QED) is 0.246. The van der Waals surface area contributed by atoms with E-state index in [1.807, 2.05) is 19.3 Å². The molecule has 0 radical (unpaired) electrons. The lowest BCUT2D eigenvalue weighted by atomic mass is 8.82. The highest BCUT2D eigenvalue weighted by atomic mass is 15.2. The molecule has 22 saturated carbocycles. The van der Waals surface area contributed by atoms with E-state index < -0.39 is 0 Å². The van der Waals surface area contributed by atoms with E-state index in [1.165, 1.54) is 11.8 Å². The summed E-state index contributed by atoms with van der Waals surface area (Å²) in [6, 6.07) is 0. The van der Waals surface area contributed by atoms with Crippen LogP contribution in [0.5, 0.6) is 0 Å². The molecule has 0 heterocycles. The summed E-state index contributed by atoms with van der Waals surface area (Å²) in [4.78, 5) is 0. The molecule has 12 spiro atoms. The average Bonchev–Trinajstić information content (AvgIpc) is 3.27. The van der Waals surface area contributed by atoms with Gasteiger partial charge < -0.3 is 0 Å². The van der Waals surface area contributed by atoms with Crippen molar-refractivity contribution in [1.29, 1.82) is 0 Å². The van der Waals surface area contributed by atoms with Crippen LogP contribution in [0, 0.1) is 158 Å². The highest BCUT2D eigenvalue weighted by Gasteiger charge is 3.20. The van der Waals surface area contributed by atoms with Gasteiger partial charge in [0.1, 0.15) is 0 Å². The number of rotatable bonds is 1. The molecule has 0 saturated heterocycles. The monoisotopic (exact) mass is 873 g/mol. The van der Waals surface area contributed by atoms with Crippen LogP contribution >= 0.6 is 0 Å². The average molecular weight is 873 g/mol. The van der Waals surface area contributed by atoms with Crippen LogP contribution in [0.15, 0.2) is 0 Å². The highest BCUT2D eigenvalue weighted by molar-refractivity contribution is 5.67. The van der Waals surface area contributed by atoms with Gasteiger partial charge in [-0.05, 0) is 312 Å². The van der Waals surface area contributed by atoms with Crippen LogP contribution in [0.2, 0.25) is 0 Å². The van der Waals surface area contributed by atoms with Crippen LogP contribution in [0.1, 0.15) is 241 Å². The maximum Gasteiger partial charge on any atom is -0.00909 e. The van der Waals surface area contributed by atoms with Gasteiger partial charge in [0.2, 0.25) is 0 Å². The first-order chi connectivity index (χ1) is 31.3. The second kappa shape index (κ2) is 9.56. The Morgan fingerprint density at radius 1 is 0.415 bits per heavy atom. The Hall–Kier alpha value is 0. The Balaban J connectivity index is 0.933. The summed E-state index contributed by atoms with van der Waals surface area (Å²) in [5.41, 5.74) is 10.7. The Morgan fingerprint density at radius 2 is 1.17 bits per heavy atom. The minimum absolute atomic E-state index is 0.540. The maximum atomic E-state index is 3.21. The molecule has 0 N–H and O–H groups in total. The molecule has 0 heteroatoms. The minimum Gasteiger partial charge on any atom is -0.0651 e. The zero-order valence-corrected chi connectivity index (χ0v) is 42.8. The molecule has 28 atom stereocenters. The molecule has 352 valence electrons. The van der Waals surface area contributed by atoms with Crippen LogP contribution in [-0.2, 0) is 0 Å². The van der Waals surface area contributed by atoms with Crippen molar-refractivity contribution >= 4 is 0 Å². The summed E-state index contributed by atoms with van der Waals surface area (Å²) in [7, 11) is 0. The normalized spacial score (nSPS) is 78.7. The lowest BCUT2D eigenvalue weighted by Gasteiger charge is -3.21. The fourth-order valence-electron chi connectivity index (χ4n) is 38.6. The van der Waals surface area contributed by atoms with Gasteiger partial charge in [-0.25, -0.2) is 0 Å². The zero-order valence-electron chi connectivity index (χ0n) is 42.8. The lowest BCUT2D eigenvalue weighted by Crippen LogP contribution is -3.17. The molecule has 22 aliphatic rings. The fourth-order valence-corrected chi connectivity index (χ4v) is 38.6. The van der Waals surface area contributed by atoms with E-state index in [1.54, 1.807) is 180 Å². The highest BCUT2D eigenvalue weighted by Crippen LogP contribution is 3.25. The first-order valence-electron chi connectivity index (χ1n) is 31.3. The van der Waals surface area contributed by atoms with Gasteiger partial charge in [-0.1, -0.05) is 86.5 Å². The topological polar surface area (TPSA) is 0 Å². The second-order valence-corrected chi connectivity index (χ2v) is 33.7. The van der Waals surface area contributed by atoms with Crippen molar-refractivity contribution in [3.05, 3.63) is 0 Å². The van der Waals surface area contributed by atoms with Gasteiger partial charge in [0.05, 0.1) is 0 Å². The van der Waals surface area contributed by atoms with Crippen molar-refractivity contribution in [1.82, 2.24) is 0 Å². The molecule has 65 heavy (non-hydrogen) atoms. The zero-order chi connectivity index (χ0) is 42.8. The van der Waals surface area contributed by atoms with Gasteiger partial charge in [-0.2, -0.15) is 0 Å². The van der Waals surface area contributed by atoms with E-state index in [0.29, 0.717) is 54.1 Å². The van der Waals surface area contributed by atoms with Gasteiger partial charge in [0, 0.05) is 0 Å². The molecule has 0 nitrogen and oxygen atoms in total. The Bertz CT molecular complexity index is 2400. The fraction of sp³-hybridized carbons (Fsp3) is 1.00. The standard InChI is InChI=1S/C65H92/c1-7-44-45-33-41-16-15-40-14-12-13-39-18-27-56(40)46-47-49-48(46)59(56)28-20-43(39)42-19-26-54(59)31-32-55-35-64-53(6,34-51(55,4)30-29-50(54,3)25-17-38(42)2)52(5)21-8-10-23-62(52,64)63-24-11-9-22-58(44,63)60(45)36-57(41,47)61(49,55)37-65(60,63)64/h38-49H,7-37H2,1-6H3. The first kappa shape index (κ1) is 37.7. The first-order valence-corrected chi connectivity index (χ1v) is 31.3. The van der Waals surface area contributed by atoms with Crippen molar-refractivity contribution in [2.75, 3.05) is 0 Å². The molecule has 0 aromatic heterocycles. The molecule has 0 aromatic carbocycles. The molecule has 0 aliphatic heterocycles. The molecule has 0 amide bonds. The summed E-state index contributed by atoms with van der Waals surface area (Å²) in [5, 5.41) is 0. The third-order valence-electron chi connectivity index (χ3n) is 37.3.